The molecule has 3 aromatic rings. The largest absolute Gasteiger partial charge is 0.377 e. The summed E-state index contributed by atoms with van der Waals surface area (Å²) in [5.41, 5.74) is 1.99. The standard InChI is InChI=1S/C26H37N5O4/c1-5-7-14-30-24-23(25(33)29-26(30)34)31(16-18(3)4)21(28-24)12-13-22(32)27-15-19-10-8-9-11-20(19)17-35-6-2/h8-11,18H,5-7,12-17H2,1-4H3,(H,27,32)(H,29,33,34). The molecule has 35 heavy (non-hydrogen) atoms. The smallest absolute Gasteiger partial charge is 0.330 e. The molecule has 2 aromatic heterocycles. The number of unbranched alkanes of at least 4 members (excludes halogenated alkanes) is 1. The summed E-state index contributed by atoms with van der Waals surface area (Å²) in [6.45, 7) is 10.7. The third-order valence-electron chi connectivity index (χ3n) is 5.88. The van der Waals surface area contributed by atoms with Crippen molar-refractivity contribution in [3.8, 4) is 0 Å². The number of nitrogens with one attached hydrogen (secondary N) is 2. The van der Waals surface area contributed by atoms with Crippen molar-refractivity contribution < 1.29 is 9.53 Å². The summed E-state index contributed by atoms with van der Waals surface area (Å²) >= 11 is 0. The second kappa shape index (κ2) is 12.5. The molecule has 190 valence electrons. The van der Waals surface area contributed by atoms with E-state index in [9.17, 15) is 14.4 Å². The van der Waals surface area contributed by atoms with Gasteiger partial charge in [-0.05, 0) is 30.4 Å². The molecule has 0 saturated heterocycles. The van der Waals surface area contributed by atoms with Gasteiger partial charge in [-0.15, -0.1) is 0 Å². The zero-order valence-electron chi connectivity index (χ0n) is 21.2. The fraction of sp³-hybridized carbons (Fsp3) is 0.538. The third-order valence-corrected chi connectivity index (χ3v) is 5.88. The van der Waals surface area contributed by atoms with E-state index in [-0.39, 0.29) is 18.2 Å². The van der Waals surface area contributed by atoms with E-state index in [0.29, 0.717) is 56.3 Å². The molecule has 9 nitrogen and oxygen atoms in total. The summed E-state index contributed by atoms with van der Waals surface area (Å²) in [5.74, 6) is 0.802. The van der Waals surface area contributed by atoms with Crippen molar-refractivity contribution in [3.63, 3.8) is 0 Å². The van der Waals surface area contributed by atoms with Gasteiger partial charge in [0.05, 0.1) is 6.61 Å². The molecule has 0 fully saturated rings. The number of ether oxygens (including phenoxy) is 1. The van der Waals surface area contributed by atoms with Crippen LogP contribution in [0.3, 0.4) is 0 Å². The number of imidazole rings is 1. The van der Waals surface area contributed by atoms with Gasteiger partial charge in [-0.25, -0.2) is 9.78 Å². The topological polar surface area (TPSA) is 111 Å². The van der Waals surface area contributed by atoms with Crippen LogP contribution in [-0.4, -0.2) is 31.6 Å². The first kappa shape index (κ1) is 26.4. The molecule has 0 radical (unpaired) electrons. The van der Waals surface area contributed by atoms with Gasteiger partial charge in [-0.3, -0.25) is 19.1 Å². The second-order valence-electron chi connectivity index (χ2n) is 9.15. The Balaban J connectivity index is 1.79. The number of carbonyl (C=O) groups is 1. The summed E-state index contributed by atoms with van der Waals surface area (Å²) in [6.07, 6.45) is 2.32. The SMILES string of the molecule is CCCCn1c(=O)[nH]c(=O)c2c1nc(CCC(=O)NCc1ccccc1COCC)n2CC(C)C. The zero-order valence-corrected chi connectivity index (χ0v) is 21.2. The van der Waals surface area contributed by atoms with E-state index in [1.807, 2.05) is 42.7 Å². The van der Waals surface area contributed by atoms with Crippen molar-refractivity contribution >= 4 is 17.1 Å². The summed E-state index contributed by atoms with van der Waals surface area (Å²) < 4.78 is 8.93. The Morgan fingerprint density at radius 2 is 1.89 bits per heavy atom. The fourth-order valence-corrected chi connectivity index (χ4v) is 4.08. The average Bonchev–Trinajstić information content (AvgIpc) is 3.18. The van der Waals surface area contributed by atoms with Crippen LogP contribution < -0.4 is 16.6 Å². The second-order valence-corrected chi connectivity index (χ2v) is 9.15. The minimum absolute atomic E-state index is 0.100. The van der Waals surface area contributed by atoms with Crippen molar-refractivity contribution in [1.82, 2.24) is 24.4 Å². The number of benzene rings is 1. The van der Waals surface area contributed by atoms with Gasteiger partial charge in [0, 0.05) is 39.1 Å². The molecule has 0 aliphatic rings. The van der Waals surface area contributed by atoms with E-state index < -0.39 is 11.2 Å². The van der Waals surface area contributed by atoms with Gasteiger partial charge in [-0.2, -0.15) is 0 Å². The molecular formula is C26H37N5O4. The molecule has 3 rings (SSSR count). The number of nitrogens with zero attached hydrogens (tertiary/aromatic N) is 3. The lowest BCUT2D eigenvalue weighted by Gasteiger charge is -2.12. The highest BCUT2D eigenvalue weighted by Crippen LogP contribution is 2.16. The average molecular weight is 484 g/mol. The molecular weight excluding hydrogens is 446 g/mol. The highest BCUT2D eigenvalue weighted by atomic mass is 16.5. The maximum absolute atomic E-state index is 12.7. The number of fused-ring (bicyclic) bond motifs is 1. The van der Waals surface area contributed by atoms with Gasteiger partial charge in [0.25, 0.3) is 5.56 Å². The summed E-state index contributed by atoms with van der Waals surface area (Å²) in [4.78, 5) is 45.0. The Kier molecular flexibility index (Phi) is 9.42. The van der Waals surface area contributed by atoms with Crippen molar-refractivity contribution in [2.24, 2.45) is 5.92 Å². The van der Waals surface area contributed by atoms with Gasteiger partial charge in [0.1, 0.15) is 5.82 Å². The van der Waals surface area contributed by atoms with Crippen molar-refractivity contribution in [2.75, 3.05) is 6.61 Å². The lowest BCUT2D eigenvalue weighted by molar-refractivity contribution is -0.121. The van der Waals surface area contributed by atoms with E-state index >= 15 is 0 Å². The molecule has 0 aliphatic carbocycles. The van der Waals surface area contributed by atoms with E-state index in [1.54, 1.807) is 0 Å². The predicted molar refractivity (Wildman–Crippen MR) is 136 cm³/mol. The molecule has 0 unspecified atom stereocenters. The van der Waals surface area contributed by atoms with Gasteiger partial charge in [-0.1, -0.05) is 51.5 Å². The molecule has 1 aromatic carbocycles. The third kappa shape index (κ3) is 6.69. The molecule has 2 N–H and O–H groups in total. The van der Waals surface area contributed by atoms with Gasteiger partial charge < -0.3 is 14.6 Å². The van der Waals surface area contributed by atoms with E-state index in [4.69, 9.17) is 4.74 Å². The van der Waals surface area contributed by atoms with Crippen LogP contribution in [0.1, 0.15) is 63.9 Å². The highest BCUT2D eigenvalue weighted by Gasteiger charge is 2.19. The number of H-pyrrole nitrogens is 1. The predicted octanol–water partition coefficient (Wildman–Crippen LogP) is 3.13. The molecule has 0 saturated carbocycles. The minimum atomic E-state index is -0.444. The minimum Gasteiger partial charge on any atom is -0.377 e. The summed E-state index contributed by atoms with van der Waals surface area (Å²) in [5, 5.41) is 2.99. The van der Waals surface area contributed by atoms with Crippen LogP contribution in [0, 0.1) is 5.92 Å². The highest BCUT2D eigenvalue weighted by molar-refractivity contribution is 5.76. The molecule has 0 aliphatic heterocycles. The van der Waals surface area contributed by atoms with Crippen LogP contribution in [0.5, 0.6) is 0 Å². The van der Waals surface area contributed by atoms with Crippen molar-refractivity contribution in [3.05, 3.63) is 62.1 Å². The van der Waals surface area contributed by atoms with Gasteiger partial charge >= 0.3 is 5.69 Å². The lowest BCUT2D eigenvalue weighted by Crippen LogP contribution is -2.31. The number of amides is 1. The number of aryl methyl sites for hydroxylation is 2. The number of aromatic nitrogens is 4. The van der Waals surface area contributed by atoms with Crippen LogP contribution >= 0.6 is 0 Å². The molecule has 0 atom stereocenters. The Bertz CT molecular complexity index is 1250. The molecule has 2 heterocycles. The Labute approximate surface area is 205 Å². The molecule has 9 heteroatoms. The first-order valence-corrected chi connectivity index (χ1v) is 12.5. The molecule has 0 bridgehead atoms. The monoisotopic (exact) mass is 483 g/mol. The number of aromatic amines is 1. The van der Waals surface area contributed by atoms with Crippen LogP contribution in [-0.2, 0) is 42.2 Å². The van der Waals surface area contributed by atoms with Crippen molar-refractivity contribution in [2.45, 2.75) is 79.6 Å². The van der Waals surface area contributed by atoms with Gasteiger partial charge in [0.2, 0.25) is 5.91 Å². The van der Waals surface area contributed by atoms with Crippen LogP contribution in [0.15, 0.2) is 33.9 Å². The number of hydrogen-bond donors (Lipinski definition) is 2. The van der Waals surface area contributed by atoms with Crippen molar-refractivity contribution in [1.29, 1.82) is 0 Å². The first-order valence-electron chi connectivity index (χ1n) is 12.5. The summed E-state index contributed by atoms with van der Waals surface area (Å²) in [7, 11) is 0. The maximum Gasteiger partial charge on any atom is 0.330 e. The Hall–Kier alpha value is -3.20. The number of hydrogen-bond acceptors (Lipinski definition) is 5. The Morgan fingerprint density at radius 3 is 2.57 bits per heavy atom. The molecule has 0 spiro atoms. The molecule has 1 amide bonds. The van der Waals surface area contributed by atoms with Crippen LogP contribution in [0.25, 0.3) is 11.2 Å². The van der Waals surface area contributed by atoms with E-state index in [2.05, 4.69) is 29.1 Å². The van der Waals surface area contributed by atoms with Crippen LogP contribution in [0.2, 0.25) is 0 Å². The summed E-state index contributed by atoms with van der Waals surface area (Å²) in [6, 6.07) is 7.89. The maximum atomic E-state index is 12.7. The first-order chi connectivity index (χ1) is 16.8. The van der Waals surface area contributed by atoms with Gasteiger partial charge in [0.15, 0.2) is 11.2 Å². The Morgan fingerprint density at radius 1 is 1.14 bits per heavy atom. The normalized spacial score (nSPS) is 11.5. The van der Waals surface area contributed by atoms with Crippen LogP contribution in [0.4, 0.5) is 0 Å². The number of carbonyl (C=O) groups excluding carboxylic acids is 1. The lowest BCUT2D eigenvalue weighted by atomic mass is 10.1. The quantitative estimate of drug-likeness (QED) is 0.388. The van der Waals surface area contributed by atoms with E-state index in [1.165, 1.54) is 4.57 Å². The zero-order chi connectivity index (χ0) is 25.4. The van der Waals surface area contributed by atoms with E-state index in [0.717, 1.165) is 24.0 Å². The fourth-order valence-electron chi connectivity index (χ4n) is 4.08. The number of rotatable bonds is 13.